The Kier molecular flexibility index (Phi) is 8.10. The number of benzene rings is 6. The van der Waals surface area contributed by atoms with Crippen LogP contribution in [0.2, 0.25) is 0 Å². The summed E-state index contributed by atoms with van der Waals surface area (Å²) in [5.41, 5.74) is 2.95. The normalized spacial score (nSPS) is 11.8. The molecule has 6 aromatic rings. The zero-order chi connectivity index (χ0) is 34.4. The molecule has 0 saturated heterocycles. The molecule has 0 spiro atoms. The highest BCUT2D eigenvalue weighted by Crippen LogP contribution is 2.32. The lowest BCUT2D eigenvalue weighted by molar-refractivity contribution is 0.101. The summed E-state index contributed by atoms with van der Waals surface area (Å²) in [5.74, 6) is -1.61. The fourth-order valence-electron chi connectivity index (χ4n) is 5.11. The first-order chi connectivity index (χ1) is 22.7. The number of amides is 2. The molecule has 0 radical (unpaired) electrons. The van der Waals surface area contributed by atoms with Gasteiger partial charge in [0, 0.05) is 45.4 Å². The molecule has 2 amide bonds. The van der Waals surface area contributed by atoms with Gasteiger partial charge in [-0.3, -0.25) is 18.7 Å². The highest BCUT2D eigenvalue weighted by molar-refractivity contribution is 7.86. The predicted molar refractivity (Wildman–Crippen MR) is 179 cm³/mol. The molecular formula is C34H24N2O10S2. The first kappa shape index (κ1) is 32.2. The second kappa shape index (κ2) is 12.1. The van der Waals surface area contributed by atoms with Gasteiger partial charge >= 0.3 is 0 Å². The van der Waals surface area contributed by atoms with E-state index in [2.05, 4.69) is 10.6 Å². The maximum atomic E-state index is 12.9. The first-order valence-corrected chi connectivity index (χ1v) is 16.9. The van der Waals surface area contributed by atoms with Crippen molar-refractivity contribution in [3.05, 3.63) is 120 Å². The van der Waals surface area contributed by atoms with Gasteiger partial charge in [0.15, 0.2) is 0 Å². The van der Waals surface area contributed by atoms with Gasteiger partial charge in [-0.2, -0.15) is 16.8 Å². The minimum Gasteiger partial charge on any atom is -0.507 e. The van der Waals surface area contributed by atoms with E-state index in [1.54, 1.807) is 48.5 Å². The van der Waals surface area contributed by atoms with E-state index in [1.165, 1.54) is 48.5 Å². The minimum atomic E-state index is -4.51. The molecule has 6 aromatic carbocycles. The molecule has 0 atom stereocenters. The zero-order valence-electron chi connectivity index (χ0n) is 24.4. The molecule has 14 heteroatoms. The van der Waals surface area contributed by atoms with Crippen LogP contribution in [0, 0.1) is 0 Å². The summed E-state index contributed by atoms with van der Waals surface area (Å²) in [5, 5.41) is 27.3. The van der Waals surface area contributed by atoms with E-state index in [0.29, 0.717) is 33.3 Å². The van der Waals surface area contributed by atoms with Gasteiger partial charge in [0.25, 0.3) is 32.1 Å². The summed E-state index contributed by atoms with van der Waals surface area (Å²) in [6.45, 7) is 0. The molecule has 0 aliphatic rings. The Morgan fingerprint density at radius 3 is 1.17 bits per heavy atom. The Morgan fingerprint density at radius 2 is 0.833 bits per heavy atom. The average Bonchev–Trinajstić information content (AvgIpc) is 3.04. The Balaban J connectivity index is 1.12. The van der Waals surface area contributed by atoms with Crippen LogP contribution in [0.5, 0.6) is 11.5 Å². The third-order valence-electron chi connectivity index (χ3n) is 7.55. The number of anilines is 2. The van der Waals surface area contributed by atoms with Crippen LogP contribution in [0.4, 0.5) is 11.4 Å². The topological polar surface area (TPSA) is 207 Å². The van der Waals surface area contributed by atoms with Crippen molar-refractivity contribution in [2.75, 3.05) is 10.6 Å². The Morgan fingerprint density at radius 1 is 0.479 bits per heavy atom. The van der Waals surface area contributed by atoms with Crippen LogP contribution in [0.25, 0.3) is 32.7 Å². The van der Waals surface area contributed by atoms with E-state index in [-0.39, 0.29) is 22.3 Å². The molecule has 0 fully saturated rings. The van der Waals surface area contributed by atoms with Gasteiger partial charge in [-0.15, -0.1) is 0 Å². The average molecular weight is 685 g/mol. The minimum absolute atomic E-state index is 0.279. The van der Waals surface area contributed by atoms with Crippen molar-refractivity contribution in [1.29, 1.82) is 0 Å². The smallest absolute Gasteiger partial charge is 0.294 e. The molecule has 48 heavy (non-hydrogen) atoms. The largest absolute Gasteiger partial charge is 0.507 e. The quantitative estimate of drug-likeness (QED) is 0.107. The third-order valence-corrected chi connectivity index (χ3v) is 9.21. The van der Waals surface area contributed by atoms with Crippen molar-refractivity contribution in [2.45, 2.75) is 9.79 Å². The van der Waals surface area contributed by atoms with Crippen molar-refractivity contribution in [3.63, 3.8) is 0 Å². The molecule has 6 rings (SSSR count). The van der Waals surface area contributed by atoms with Crippen LogP contribution < -0.4 is 10.6 Å². The number of phenols is 2. The van der Waals surface area contributed by atoms with Crippen LogP contribution in [-0.2, 0) is 20.2 Å². The molecule has 0 heterocycles. The first-order valence-electron chi connectivity index (χ1n) is 14.0. The lowest BCUT2D eigenvalue weighted by atomic mass is 10.0. The Hall–Kier alpha value is -5.80. The summed E-state index contributed by atoms with van der Waals surface area (Å²) in [4.78, 5) is 24.9. The molecular weight excluding hydrogens is 661 g/mol. The Labute approximate surface area is 273 Å². The molecule has 0 saturated carbocycles. The standard InChI is InChI=1S/C34H24N2O10S2/c37-31-17-27(47(41,42)43)13-23-9-11-25(15-29(23)31)35-33(39)21-5-1-19(2-6-21)20-3-7-22(8-4-20)34(40)36-26-12-10-24-14-28(48(44,45)46)18-32(38)30(24)16-26/h1-18,37-38H,(H,35,39)(H,36,40)(H,41,42,43)(H,44,45,46). The maximum absolute atomic E-state index is 12.9. The third kappa shape index (κ3) is 6.67. The van der Waals surface area contributed by atoms with Gasteiger partial charge in [0.05, 0.1) is 9.79 Å². The molecule has 0 unspecified atom stereocenters. The lowest BCUT2D eigenvalue weighted by Gasteiger charge is -2.10. The van der Waals surface area contributed by atoms with Crippen LogP contribution in [0.3, 0.4) is 0 Å². The van der Waals surface area contributed by atoms with Crippen LogP contribution in [-0.4, -0.2) is 48.0 Å². The van der Waals surface area contributed by atoms with Gasteiger partial charge in [0.1, 0.15) is 11.5 Å². The molecule has 0 bridgehead atoms. The number of aromatic hydroxyl groups is 2. The molecule has 0 aliphatic carbocycles. The highest BCUT2D eigenvalue weighted by atomic mass is 32.2. The number of fused-ring (bicyclic) bond motifs is 2. The fraction of sp³-hybridized carbons (Fsp3) is 0. The molecule has 6 N–H and O–H groups in total. The van der Waals surface area contributed by atoms with Crippen molar-refractivity contribution in [1.82, 2.24) is 0 Å². The zero-order valence-corrected chi connectivity index (χ0v) is 26.1. The Bertz CT molecular complexity index is 2320. The van der Waals surface area contributed by atoms with Crippen LogP contribution in [0.1, 0.15) is 20.7 Å². The van der Waals surface area contributed by atoms with Gasteiger partial charge in [0.2, 0.25) is 0 Å². The van der Waals surface area contributed by atoms with E-state index in [9.17, 15) is 45.7 Å². The van der Waals surface area contributed by atoms with E-state index in [1.807, 2.05) is 0 Å². The fourth-order valence-corrected chi connectivity index (χ4v) is 6.18. The monoisotopic (exact) mass is 684 g/mol. The predicted octanol–water partition coefficient (Wildman–Crippen LogP) is 6.07. The van der Waals surface area contributed by atoms with Crippen molar-refractivity contribution >= 4 is 65.0 Å². The van der Waals surface area contributed by atoms with Crippen LogP contribution >= 0.6 is 0 Å². The SMILES string of the molecule is O=C(Nc1ccc2cc(S(=O)(=O)O)cc(O)c2c1)c1ccc(-c2ccc(C(=O)Nc3ccc4cc(S(=O)(=O)O)cc(O)c4c3)cc2)cc1. The van der Waals surface area contributed by atoms with E-state index in [0.717, 1.165) is 23.3 Å². The van der Waals surface area contributed by atoms with Gasteiger partial charge in [-0.25, -0.2) is 0 Å². The number of hydrogen-bond acceptors (Lipinski definition) is 8. The number of carbonyl (C=O) groups excluding carboxylic acids is 2. The number of nitrogens with one attached hydrogen (secondary N) is 2. The van der Waals surface area contributed by atoms with Crippen molar-refractivity contribution in [3.8, 4) is 22.6 Å². The van der Waals surface area contributed by atoms with Crippen molar-refractivity contribution < 1.29 is 45.7 Å². The van der Waals surface area contributed by atoms with E-state index < -0.39 is 41.8 Å². The summed E-state index contributed by atoms with van der Waals surface area (Å²) in [6, 6.07) is 26.7. The van der Waals surface area contributed by atoms with Gasteiger partial charge in [-0.1, -0.05) is 36.4 Å². The number of carbonyl (C=O) groups is 2. The van der Waals surface area contributed by atoms with E-state index >= 15 is 0 Å². The number of rotatable bonds is 7. The lowest BCUT2D eigenvalue weighted by Crippen LogP contribution is -2.12. The van der Waals surface area contributed by atoms with E-state index in [4.69, 9.17) is 0 Å². The molecule has 0 aromatic heterocycles. The van der Waals surface area contributed by atoms with Gasteiger partial charge in [-0.05, 0) is 82.6 Å². The molecule has 0 aliphatic heterocycles. The summed E-state index contributed by atoms with van der Waals surface area (Å²) in [7, 11) is -9.02. The highest BCUT2D eigenvalue weighted by Gasteiger charge is 2.16. The second-order valence-electron chi connectivity index (χ2n) is 10.8. The number of phenolic OH excluding ortho intramolecular Hbond substituents is 2. The van der Waals surface area contributed by atoms with Gasteiger partial charge < -0.3 is 20.8 Å². The maximum Gasteiger partial charge on any atom is 0.294 e. The number of hydrogen-bond donors (Lipinski definition) is 6. The summed E-state index contributed by atoms with van der Waals surface area (Å²) < 4.78 is 64.3. The summed E-state index contributed by atoms with van der Waals surface area (Å²) in [6.07, 6.45) is 0. The molecule has 12 nitrogen and oxygen atoms in total. The van der Waals surface area contributed by atoms with Crippen LogP contribution in [0.15, 0.2) is 119 Å². The van der Waals surface area contributed by atoms with Crippen molar-refractivity contribution in [2.24, 2.45) is 0 Å². The summed E-state index contributed by atoms with van der Waals surface area (Å²) >= 11 is 0. The second-order valence-corrected chi connectivity index (χ2v) is 13.6. The molecule has 242 valence electrons.